The quantitative estimate of drug-likeness (QED) is 0.775. The standard InChI is InChI=1S/C14H12N4O/c15-9-10-3-4-12-13(8-10)18(14(16)17-12)6-5-11-2-1-7-19-11/h1-4,7-8H,5-6H2,(H2,16,17). The van der Waals surface area contributed by atoms with Crippen molar-refractivity contribution in [2.75, 3.05) is 5.73 Å². The molecule has 0 atom stereocenters. The molecule has 0 spiro atoms. The van der Waals surface area contributed by atoms with Gasteiger partial charge in [-0.15, -0.1) is 0 Å². The number of nitrogens with two attached hydrogens (primary N) is 1. The van der Waals surface area contributed by atoms with Crippen molar-refractivity contribution >= 4 is 17.0 Å². The van der Waals surface area contributed by atoms with Crippen molar-refractivity contribution in [3.63, 3.8) is 0 Å². The van der Waals surface area contributed by atoms with Crippen molar-refractivity contribution in [3.05, 3.63) is 47.9 Å². The van der Waals surface area contributed by atoms with Gasteiger partial charge in [-0.3, -0.25) is 0 Å². The Morgan fingerprint density at radius 3 is 3.00 bits per heavy atom. The predicted molar refractivity (Wildman–Crippen MR) is 71.3 cm³/mol. The highest BCUT2D eigenvalue weighted by molar-refractivity contribution is 5.79. The van der Waals surface area contributed by atoms with Gasteiger partial charge in [0.05, 0.1) is 28.9 Å². The number of benzene rings is 1. The molecule has 0 unspecified atom stereocenters. The second-order valence-corrected chi connectivity index (χ2v) is 4.27. The molecule has 19 heavy (non-hydrogen) atoms. The molecule has 0 amide bonds. The average molecular weight is 252 g/mol. The summed E-state index contributed by atoms with van der Waals surface area (Å²) in [5.41, 5.74) is 8.21. The van der Waals surface area contributed by atoms with E-state index in [0.717, 1.165) is 23.2 Å². The lowest BCUT2D eigenvalue weighted by Gasteiger charge is -2.05. The van der Waals surface area contributed by atoms with Gasteiger partial charge in [-0.1, -0.05) is 0 Å². The molecule has 2 heterocycles. The van der Waals surface area contributed by atoms with Crippen molar-refractivity contribution in [2.45, 2.75) is 13.0 Å². The number of hydrogen-bond acceptors (Lipinski definition) is 4. The molecule has 94 valence electrons. The van der Waals surface area contributed by atoms with Crippen molar-refractivity contribution in [1.82, 2.24) is 9.55 Å². The number of nitrogens with zero attached hydrogens (tertiary/aromatic N) is 3. The number of nitrogen functional groups attached to an aromatic ring is 1. The molecular weight excluding hydrogens is 240 g/mol. The van der Waals surface area contributed by atoms with E-state index >= 15 is 0 Å². The first kappa shape index (κ1) is 11.4. The molecule has 5 nitrogen and oxygen atoms in total. The zero-order valence-electron chi connectivity index (χ0n) is 10.2. The third kappa shape index (κ3) is 2.04. The van der Waals surface area contributed by atoms with Crippen LogP contribution in [0.4, 0.5) is 5.95 Å². The number of furan rings is 1. The molecule has 5 heteroatoms. The predicted octanol–water partition coefficient (Wildman–Crippen LogP) is 2.33. The van der Waals surface area contributed by atoms with Crippen molar-refractivity contribution in [3.8, 4) is 6.07 Å². The fourth-order valence-electron chi connectivity index (χ4n) is 2.12. The Hall–Kier alpha value is -2.74. The Balaban J connectivity index is 1.97. The Bertz CT molecular complexity index is 750. The fraction of sp³-hybridized carbons (Fsp3) is 0.143. The van der Waals surface area contributed by atoms with Crippen LogP contribution in [0.3, 0.4) is 0 Å². The van der Waals surface area contributed by atoms with Crippen LogP contribution in [0.15, 0.2) is 41.0 Å². The zero-order valence-corrected chi connectivity index (χ0v) is 10.2. The lowest BCUT2D eigenvalue weighted by molar-refractivity contribution is 0.494. The van der Waals surface area contributed by atoms with E-state index in [-0.39, 0.29) is 0 Å². The van der Waals surface area contributed by atoms with Crippen molar-refractivity contribution < 1.29 is 4.42 Å². The van der Waals surface area contributed by atoms with Gasteiger partial charge >= 0.3 is 0 Å². The maximum Gasteiger partial charge on any atom is 0.201 e. The molecule has 1 aromatic carbocycles. The van der Waals surface area contributed by atoms with E-state index in [1.807, 2.05) is 22.8 Å². The van der Waals surface area contributed by atoms with Gasteiger partial charge in [0.1, 0.15) is 5.76 Å². The molecule has 0 fully saturated rings. The summed E-state index contributed by atoms with van der Waals surface area (Å²) in [6.07, 6.45) is 2.39. The Kier molecular flexibility index (Phi) is 2.69. The molecule has 3 rings (SSSR count). The van der Waals surface area contributed by atoms with Gasteiger partial charge < -0.3 is 14.7 Å². The molecule has 0 saturated carbocycles. The van der Waals surface area contributed by atoms with Gasteiger partial charge in [-0.25, -0.2) is 4.98 Å². The van der Waals surface area contributed by atoms with Gasteiger partial charge in [0, 0.05) is 13.0 Å². The first-order valence-electron chi connectivity index (χ1n) is 5.96. The van der Waals surface area contributed by atoms with Crippen LogP contribution >= 0.6 is 0 Å². The smallest absolute Gasteiger partial charge is 0.201 e. The average Bonchev–Trinajstić information content (AvgIpc) is 3.03. The molecule has 0 saturated heterocycles. The van der Waals surface area contributed by atoms with Crippen molar-refractivity contribution in [1.29, 1.82) is 5.26 Å². The number of aryl methyl sites for hydroxylation is 2. The largest absolute Gasteiger partial charge is 0.469 e. The second-order valence-electron chi connectivity index (χ2n) is 4.27. The molecular formula is C14H12N4O. The monoisotopic (exact) mass is 252 g/mol. The first-order valence-corrected chi connectivity index (χ1v) is 5.96. The van der Waals surface area contributed by atoms with Gasteiger partial charge in [-0.05, 0) is 30.3 Å². The molecule has 2 aromatic heterocycles. The highest BCUT2D eigenvalue weighted by atomic mass is 16.3. The van der Waals surface area contributed by atoms with Gasteiger partial charge in [0.2, 0.25) is 5.95 Å². The van der Waals surface area contributed by atoms with Gasteiger partial charge in [0.25, 0.3) is 0 Å². The van der Waals surface area contributed by atoms with E-state index in [9.17, 15) is 0 Å². The van der Waals surface area contributed by atoms with E-state index in [1.165, 1.54) is 0 Å². The normalized spacial score (nSPS) is 10.7. The first-order chi connectivity index (χ1) is 9.28. The topological polar surface area (TPSA) is 80.8 Å². The SMILES string of the molecule is N#Cc1ccc2nc(N)n(CCc3ccco3)c2c1. The lowest BCUT2D eigenvalue weighted by Crippen LogP contribution is -2.05. The number of nitriles is 1. The van der Waals surface area contributed by atoms with E-state index < -0.39 is 0 Å². The highest BCUT2D eigenvalue weighted by Crippen LogP contribution is 2.20. The Labute approximate surface area is 109 Å². The van der Waals surface area contributed by atoms with Crippen LogP contribution in [0, 0.1) is 11.3 Å². The highest BCUT2D eigenvalue weighted by Gasteiger charge is 2.09. The Morgan fingerprint density at radius 1 is 1.37 bits per heavy atom. The van der Waals surface area contributed by atoms with Crippen LogP contribution in [0.2, 0.25) is 0 Å². The van der Waals surface area contributed by atoms with E-state index in [0.29, 0.717) is 18.1 Å². The number of anilines is 1. The lowest BCUT2D eigenvalue weighted by atomic mass is 10.2. The molecule has 3 aromatic rings. The summed E-state index contributed by atoms with van der Waals surface area (Å²) in [4.78, 5) is 4.29. The van der Waals surface area contributed by atoms with E-state index in [1.54, 1.807) is 18.4 Å². The van der Waals surface area contributed by atoms with Gasteiger partial charge in [-0.2, -0.15) is 5.26 Å². The minimum absolute atomic E-state index is 0.455. The molecule has 0 radical (unpaired) electrons. The zero-order chi connectivity index (χ0) is 13.2. The van der Waals surface area contributed by atoms with Crippen LogP contribution in [-0.2, 0) is 13.0 Å². The van der Waals surface area contributed by atoms with E-state index in [2.05, 4.69) is 11.1 Å². The van der Waals surface area contributed by atoms with Crippen LogP contribution in [0.25, 0.3) is 11.0 Å². The summed E-state index contributed by atoms with van der Waals surface area (Å²) in [5.74, 6) is 1.36. The summed E-state index contributed by atoms with van der Waals surface area (Å²) >= 11 is 0. The maximum absolute atomic E-state index is 8.95. The molecule has 2 N–H and O–H groups in total. The van der Waals surface area contributed by atoms with E-state index in [4.69, 9.17) is 15.4 Å². The summed E-state index contributed by atoms with van der Waals surface area (Å²) in [6, 6.07) is 11.3. The van der Waals surface area contributed by atoms with Crippen LogP contribution < -0.4 is 5.73 Å². The minimum atomic E-state index is 0.455. The summed E-state index contributed by atoms with van der Waals surface area (Å²) in [5, 5.41) is 8.95. The summed E-state index contributed by atoms with van der Waals surface area (Å²) in [7, 11) is 0. The minimum Gasteiger partial charge on any atom is -0.469 e. The number of fused-ring (bicyclic) bond motifs is 1. The molecule has 0 aliphatic carbocycles. The van der Waals surface area contributed by atoms with Gasteiger partial charge in [0.15, 0.2) is 0 Å². The van der Waals surface area contributed by atoms with Crippen LogP contribution in [0.5, 0.6) is 0 Å². The number of aromatic nitrogens is 2. The molecule has 0 aliphatic rings. The maximum atomic E-state index is 8.95. The Morgan fingerprint density at radius 2 is 2.26 bits per heavy atom. The number of rotatable bonds is 3. The van der Waals surface area contributed by atoms with Crippen molar-refractivity contribution in [2.24, 2.45) is 0 Å². The second kappa shape index (κ2) is 4.50. The summed E-state index contributed by atoms with van der Waals surface area (Å²) < 4.78 is 7.20. The van der Waals surface area contributed by atoms with Crippen LogP contribution in [-0.4, -0.2) is 9.55 Å². The molecule has 0 aliphatic heterocycles. The van der Waals surface area contributed by atoms with Crippen LogP contribution in [0.1, 0.15) is 11.3 Å². The molecule has 0 bridgehead atoms. The third-order valence-corrected chi connectivity index (χ3v) is 3.07. The fourth-order valence-corrected chi connectivity index (χ4v) is 2.12. The third-order valence-electron chi connectivity index (χ3n) is 3.07. The number of hydrogen-bond donors (Lipinski definition) is 1. The summed E-state index contributed by atoms with van der Waals surface area (Å²) in [6.45, 7) is 0.671. The number of imidazole rings is 1.